The highest BCUT2D eigenvalue weighted by molar-refractivity contribution is 5.27. The van der Waals surface area contributed by atoms with Crippen molar-refractivity contribution in [2.24, 2.45) is 0 Å². The zero-order valence-electron chi connectivity index (χ0n) is 13.7. The summed E-state index contributed by atoms with van der Waals surface area (Å²) in [6, 6.07) is 8.35. The van der Waals surface area contributed by atoms with Gasteiger partial charge >= 0.3 is 0 Å². The Labute approximate surface area is 124 Å². The van der Waals surface area contributed by atoms with Gasteiger partial charge in [0.1, 0.15) is 12.4 Å². The molecular formula is C17H30N2O. The monoisotopic (exact) mass is 278 g/mol. The summed E-state index contributed by atoms with van der Waals surface area (Å²) in [6.45, 7) is 12.5. The third-order valence-electron chi connectivity index (χ3n) is 4.10. The molecule has 0 fully saturated rings. The van der Waals surface area contributed by atoms with E-state index in [4.69, 9.17) is 4.74 Å². The lowest BCUT2D eigenvalue weighted by atomic mass is 10.0. The van der Waals surface area contributed by atoms with Gasteiger partial charge < -0.3 is 10.1 Å². The van der Waals surface area contributed by atoms with Crippen molar-refractivity contribution < 1.29 is 4.74 Å². The van der Waals surface area contributed by atoms with Gasteiger partial charge in [-0.05, 0) is 51.6 Å². The summed E-state index contributed by atoms with van der Waals surface area (Å²) in [5.41, 5.74) is 1.53. The van der Waals surface area contributed by atoms with Crippen molar-refractivity contribution in [2.45, 2.75) is 46.2 Å². The Hall–Kier alpha value is -1.06. The maximum absolute atomic E-state index is 5.81. The van der Waals surface area contributed by atoms with Crippen LogP contribution in [0.1, 0.15) is 39.7 Å². The summed E-state index contributed by atoms with van der Waals surface area (Å²) in [6.07, 6.45) is 1.14. The molecule has 0 aliphatic heterocycles. The van der Waals surface area contributed by atoms with Crippen molar-refractivity contribution in [1.82, 2.24) is 10.2 Å². The van der Waals surface area contributed by atoms with Crippen LogP contribution >= 0.6 is 0 Å². The van der Waals surface area contributed by atoms with Crippen LogP contribution in [0.5, 0.6) is 5.75 Å². The zero-order valence-corrected chi connectivity index (χ0v) is 13.7. The van der Waals surface area contributed by atoms with E-state index in [9.17, 15) is 0 Å². The van der Waals surface area contributed by atoms with Crippen LogP contribution in [0.3, 0.4) is 0 Å². The number of nitrogens with one attached hydrogen (secondary N) is 1. The fourth-order valence-electron chi connectivity index (χ4n) is 1.85. The molecule has 0 spiro atoms. The van der Waals surface area contributed by atoms with Gasteiger partial charge in [-0.3, -0.25) is 4.90 Å². The number of rotatable bonds is 9. The van der Waals surface area contributed by atoms with E-state index >= 15 is 0 Å². The topological polar surface area (TPSA) is 24.5 Å². The molecule has 0 amide bonds. The zero-order chi connectivity index (χ0) is 15.0. The largest absolute Gasteiger partial charge is 0.492 e. The number of likely N-dealkylation sites (N-methyl/N-ethyl adjacent to an activating group) is 1. The molecule has 0 unspecified atom stereocenters. The van der Waals surface area contributed by atoms with Crippen LogP contribution in [0.15, 0.2) is 24.3 Å². The summed E-state index contributed by atoms with van der Waals surface area (Å²) in [7, 11) is 2.16. The minimum absolute atomic E-state index is 0.235. The molecule has 0 saturated heterocycles. The molecule has 0 atom stereocenters. The lowest BCUT2D eigenvalue weighted by Crippen LogP contribution is -2.42. The first-order chi connectivity index (χ1) is 9.49. The van der Waals surface area contributed by atoms with E-state index in [0.717, 1.165) is 38.4 Å². The van der Waals surface area contributed by atoms with Gasteiger partial charge in [0.15, 0.2) is 0 Å². The molecule has 0 bridgehead atoms. The molecule has 1 rings (SSSR count). The van der Waals surface area contributed by atoms with Crippen molar-refractivity contribution in [3.05, 3.63) is 29.8 Å². The number of benzene rings is 1. The highest BCUT2D eigenvalue weighted by atomic mass is 16.5. The van der Waals surface area contributed by atoms with Crippen LogP contribution in [0, 0.1) is 0 Å². The van der Waals surface area contributed by atoms with Crippen molar-refractivity contribution in [2.75, 3.05) is 26.7 Å². The summed E-state index contributed by atoms with van der Waals surface area (Å²) < 4.78 is 5.81. The van der Waals surface area contributed by atoms with Crippen LogP contribution in [-0.4, -0.2) is 37.2 Å². The molecule has 0 saturated carbocycles. The van der Waals surface area contributed by atoms with Crippen LogP contribution in [0.25, 0.3) is 0 Å². The summed E-state index contributed by atoms with van der Waals surface area (Å²) in [5.74, 6) is 0.952. The van der Waals surface area contributed by atoms with Crippen LogP contribution in [0.2, 0.25) is 0 Å². The first kappa shape index (κ1) is 17.0. The number of ether oxygens (including phenoxy) is 1. The lowest BCUT2D eigenvalue weighted by Gasteiger charge is -2.34. The Morgan fingerprint density at radius 2 is 1.80 bits per heavy atom. The Balaban J connectivity index is 2.35. The maximum Gasteiger partial charge on any atom is 0.119 e. The first-order valence-corrected chi connectivity index (χ1v) is 7.63. The van der Waals surface area contributed by atoms with Crippen LogP contribution in [-0.2, 0) is 6.54 Å². The third-order valence-corrected chi connectivity index (χ3v) is 4.10. The predicted octanol–water partition coefficient (Wildman–Crippen LogP) is 3.30. The van der Waals surface area contributed by atoms with E-state index in [1.807, 2.05) is 0 Å². The number of hydrogen-bond donors (Lipinski definition) is 1. The van der Waals surface area contributed by atoms with E-state index in [1.54, 1.807) is 0 Å². The fraction of sp³-hybridized carbons (Fsp3) is 0.647. The Morgan fingerprint density at radius 1 is 1.15 bits per heavy atom. The molecule has 0 aliphatic rings. The Kier molecular flexibility index (Phi) is 7.03. The Morgan fingerprint density at radius 3 is 2.35 bits per heavy atom. The third kappa shape index (κ3) is 5.51. The summed E-state index contributed by atoms with van der Waals surface area (Å²) >= 11 is 0. The molecule has 20 heavy (non-hydrogen) atoms. The lowest BCUT2D eigenvalue weighted by molar-refractivity contribution is 0.125. The smallest absolute Gasteiger partial charge is 0.119 e. The summed E-state index contributed by atoms with van der Waals surface area (Å²) in [5, 5.41) is 3.32. The fourth-order valence-corrected chi connectivity index (χ4v) is 1.85. The van der Waals surface area contributed by atoms with Crippen LogP contribution in [0.4, 0.5) is 0 Å². The number of hydrogen-bond acceptors (Lipinski definition) is 3. The van der Waals surface area contributed by atoms with E-state index in [1.165, 1.54) is 5.56 Å². The Bertz CT molecular complexity index is 373. The normalized spacial score (nSPS) is 11.9. The van der Waals surface area contributed by atoms with Crippen molar-refractivity contribution in [3.8, 4) is 5.75 Å². The highest BCUT2D eigenvalue weighted by Crippen LogP contribution is 2.16. The van der Waals surface area contributed by atoms with Gasteiger partial charge in [-0.15, -0.1) is 0 Å². The molecule has 0 heterocycles. The quantitative estimate of drug-likeness (QED) is 0.750. The van der Waals surface area contributed by atoms with Gasteiger partial charge in [0.25, 0.3) is 0 Å². The SMILES string of the molecule is CCNCc1ccc(OCCN(C)C(C)(C)CC)cc1. The van der Waals surface area contributed by atoms with Gasteiger partial charge in [-0.2, -0.15) is 0 Å². The average molecular weight is 278 g/mol. The molecule has 3 heteroatoms. The van der Waals surface area contributed by atoms with Crippen molar-refractivity contribution in [1.29, 1.82) is 0 Å². The molecular weight excluding hydrogens is 248 g/mol. The molecule has 3 nitrogen and oxygen atoms in total. The second-order valence-corrected chi connectivity index (χ2v) is 5.86. The predicted molar refractivity (Wildman–Crippen MR) is 86.3 cm³/mol. The van der Waals surface area contributed by atoms with Crippen molar-refractivity contribution in [3.63, 3.8) is 0 Å². The van der Waals surface area contributed by atoms with E-state index in [2.05, 4.69) is 69.2 Å². The van der Waals surface area contributed by atoms with E-state index in [-0.39, 0.29) is 5.54 Å². The molecule has 114 valence electrons. The van der Waals surface area contributed by atoms with Gasteiger partial charge in [0, 0.05) is 18.6 Å². The standard InChI is InChI=1S/C17H30N2O/c1-6-17(3,4)19(5)12-13-20-16-10-8-15(9-11-16)14-18-7-2/h8-11,18H,6-7,12-14H2,1-5H3. The van der Waals surface area contributed by atoms with Crippen molar-refractivity contribution >= 4 is 0 Å². The minimum atomic E-state index is 0.235. The van der Waals surface area contributed by atoms with Gasteiger partial charge in [0.05, 0.1) is 0 Å². The molecule has 1 aromatic carbocycles. The second-order valence-electron chi connectivity index (χ2n) is 5.86. The van der Waals surface area contributed by atoms with Gasteiger partial charge in [-0.1, -0.05) is 26.0 Å². The van der Waals surface area contributed by atoms with E-state index in [0.29, 0.717) is 0 Å². The average Bonchev–Trinajstić information content (AvgIpc) is 2.46. The molecule has 1 aromatic rings. The van der Waals surface area contributed by atoms with Gasteiger partial charge in [0.2, 0.25) is 0 Å². The van der Waals surface area contributed by atoms with E-state index < -0.39 is 0 Å². The molecule has 0 aliphatic carbocycles. The second kappa shape index (κ2) is 8.28. The highest BCUT2D eigenvalue weighted by Gasteiger charge is 2.20. The molecule has 0 radical (unpaired) electrons. The molecule has 0 aromatic heterocycles. The van der Waals surface area contributed by atoms with Crippen LogP contribution < -0.4 is 10.1 Å². The minimum Gasteiger partial charge on any atom is -0.492 e. The number of nitrogens with zero attached hydrogens (tertiary/aromatic N) is 1. The molecule has 1 N–H and O–H groups in total. The summed E-state index contributed by atoms with van der Waals surface area (Å²) in [4.78, 5) is 2.35. The van der Waals surface area contributed by atoms with Gasteiger partial charge in [-0.25, -0.2) is 0 Å². The maximum atomic E-state index is 5.81. The first-order valence-electron chi connectivity index (χ1n) is 7.63.